The summed E-state index contributed by atoms with van der Waals surface area (Å²) >= 11 is 0. The fourth-order valence-electron chi connectivity index (χ4n) is 2.95. The summed E-state index contributed by atoms with van der Waals surface area (Å²) in [6.07, 6.45) is 5.07. The third-order valence-electron chi connectivity index (χ3n) is 3.96. The molecule has 0 bridgehead atoms. The lowest BCUT2D eigenvalue weighted by molar-refractivity contribution is 0.0614. The number of hydrogen-bond acceptors (Lipinski definition) is 4. The molecule has 0 saturated heterocycles. The van der Waals surface area contributed by atoms with Crippen LogP contribution in [0.2, 0.25) is 0 Å². The number of nitrogens with zero attached hydrogens (tertiary/aromatic N) is 1. The Labute approximate surface area is 112 Å². The van der Waals surface area contributed by atoms with Crippen LogP contribution in [0, 0.1) is 5.92 Å². The zero-order valence-electron chi connectivity index (χ0n) is 12.1. The van der Waals surface area contributed by atoms with Crippen LogP contribution in [0.1, 0.15) is 32.6 Å². The van der Waals surface area contributed by atoms with Gasteiger partial charge in [0, 0.05) is 26.3 Å². The molecule has 1 rings (SSSR count). The van der Waals surface area contributed by atoms with Gasteiger partial charge in [-0.1, -0.05) is 13.3 Å². The van der Waals surface area contributed by atoms with Gasteiger partial charge in [-0.3, -0.25) is 0 Å². The van der Waals surface area contributed by atoms with Crippen molar-refractivity contribution in [3.63, 3.8) is 0 Å². The fourth-order valence-corrected chi connectivity index (χ4v) is 2.95. The Morgan fingerprint density at radius 1 is 1.22 bits per heavy atom. The Morgan fingerprint density at radius 3 is 2.72 bits per heavy atom. The van der Waals surface area contributed by atoms with Crippen LogP contribution in [0.3, 0.4) is 0 Å². The SMILES string of the molecule is CCN(CCCOCCOC)C1CCCC1CN. The maximum Gasteiger partial charge on any atom is 0.0700 e. The lowest BCUT2D eigenvalue weighted by Crippen LogP contribution is -2.41. The van der Waals surface area contributed by atoms with Crippen molar-refractivity contribution in [2.75, 3.05) is 46.6 Å². The summed E-state index contributed by atoms with van der Waals surface area (Å²) in [5, 5.41) is 0. The zero-order chi connectivity index (χ0) is 13.2. The van der Waals surface area contributed by atoms with Gasteiger partial charge in [0.05, 0.1) is 13.2 Å². The third kappa shape index (κ3) is 5.22. The predicted octanol–water partition coefficient (Wildman–Crippen LogP) is 1.49. The highest BCUT2D eigenvalue weighted by Gasteiger charge is 2.29. The van der Waals surface area contributed by atoms with E-state index in [2.05, 4.69) is 11.8 Å². The van der Waals surface area contributed by atoms with E-state index in [0.717, 1.165) is 32.7 Å². The van der Waals surface area contributed by atoms with E-state index in [1.165, 1.54) is 19.3 Å². The molecule has 2 atom stereocenters. The van der Waals surface area contributed by atoms with Crippen molar-refractivity contribution in [2.24, 2.45) is 11.7 Å². The van der Waals surface area contributed by atoms with Crippen LogP contribution in [0.5, 0.6) is 0 Å². The largest absolute Gasteiger partial charge is 0.382 e. The number of methoxy groups -OCH3 is 1. The van der Waals surface area contributed by atoms with Gasteiger partial charge in [-0.25, -0.2) is 0 Å². The molecule has 108 valence electrons. The molecule has 0 spiro atoms. The van der Waals surface area contributed by atoms with Crippen LogP contribution >= 0.6 is 0 Å². The average molecular weight is 258 g/mol. The standard InChI is InChI=1S/C14H30N2O2/c1-3-16(8-5-9-18-11-10-17-2)14-7-4-6-13(14)12-15/h13-14H,3-12,15H2,1-2H3. The molecule has 0 aromatic heterocycles. The number of ether oxygens (including phenoxy) is 2. The second-order valence-electron chi connectivity index (χ2n) is 5.08. The van der Waals surface area contributed by atoms with E-state index < -0.39 is 0 Å². The number of rotatable bonds is 10. The Kier molecular flexibility index (Phi) is 8.59. The minimum atomic E-state index is 0.690. The van der Waals surface area contributed by atoms with Crippen molar-refractivity contribution in [3.8, 4) is 0 Å². The van der Waals surface area contributed by atoms with Crippen molar-refractivity contribution in [3.05, 3.63) is 0 Å². The molecule has 4 nitrogen and oxygen atoms in total. The summed E-state index contributed by atoms with van der Waals surface area (Å²) < 4.78 is 10.5. The van der Waals surface area contributed by atoms with Crippen LogP contribution in [0.25, 0.3) is 0 Å². The Hall–Kier alpha value is -0.160. The predicted molar refractivity (Wildman–Crippen MR) is 74.7 cm³/mol. The van der Waals surface area contributed by atoms with Crippen molar-refractivity contribution in [1.29, 1.82) is 0 Å². The summed E-state index contributed by atoms with van der Waals surface area (Å²) in [6, 6.07) is 0.707. The molecule has 0 heterocycles. The van der Waals surface area contributed by atoms with E-state index in [-0.39, 0.29) is 0 Å². The number of nitrogens with two attached hydrogens (primary N) is 1. The van der Waals surface area contributed by atoms with Crippen LogP contribution in [-0.2, 0) is 9.47 Å². The smallest absolute Gasteiger partial charge is 0.0700 e. The van der Waals surface area contributed by atoms with Crippen LogP contribution < -0.4 is 5.73 Å². The molecule has 2 unspecified atom stereocenters. The highest BCUT2D eigenvalue weighted by Crippen LogP contribution is 2.29. The molecule has 0 aliphatic heterocycles. The first-order valence-electron chi connectivity index (χ1n) is 7.34. The van der Waals surface area contributed by atoms with Crippen molar-refractivity contribution < 1.29 is 9.47 Å². The quantitative estimate of drug-likeness (QED) is 0.603. The van der Waals surface area contributed by atoms with Gasteiger partial charge >= 0.3 is 0 Å². The molecule has 2 N–H and O–H groups in total. The van der Waals surface area contributed by atoms with E-state index in [1.807, 2.05) is 0 Å². The molecule has 1 aliphatic rings. The topological polar surface area (TPSA) is 47.7 Å². The summed E-state index contributed by atoms with van der Waals surface area (Å²) in [6.45, 7) is 7.57. The van der Waals surface area contributed by atoms with Gasteiger partial charge in [-0.2, -0.15) is 0 Å². The lowest BCUT2D eigenvalue weighted by atomic mass is 10.0. The first-order chi connectivity index (χ1) is 8.83. The molecule has 18 heavy (non-hydrogen) atoms. The average Bonchev–Trinajstić information content (AvgIpc) is 2.86. The number of hydrogen-bond donors (Lipinski definition) is 1. The summed E-state index contributed by atoms with van der Waals surface area (Å²) in [5.41, 5.74) is 5.86. The highest BCUT2D eigenvalue weighted by molar-refractivity contribution is 4.85. The molecule has 0 radical (unpaired) electrons. The molecule has 4 heteroatoms. The maximum absolute atomic E-state index is 5.86. The van der Waals surface area contributed by atoms with Crippen molar-refractivity contribution in [2.45, 2.75) is 38.6 Å². The van der Waals surface area contributed by atoms with Crippen LogP contribution in [0.4, 0.5) is 0 Å². The Bertz CT molecular complexity index is 202. The molecular formula is C14H30N2O2. The first-order valence-corrected chi connectivity index (χ1v) is 7.34. The Morgan fingerprint density at radius 2 is 2.06 bits per heavy atom. The van der Waals surface area contributed by atoms with Gasteiger partial charge in [0.25, 0.3) is 0 Å². The molecular weight excluding hydrogens is 228 g/mol. The fraction of sp³-hybridized carbons (Fsp3) is 1.00. The summed E-state index contributed by atoms with van der Waals surface area (Å²) in [4.78, 5) is 2.59. The van der Waals surface area contributed by atoms with E-state index in [4.69, 9.17) is 15.2 Å². The van der Waals surface area contributed by atoms with Gasteiger partial charge in [0.15, 0.2) is 0 Å². The molecule has 1 saturated carbocycles. The minimum absolute atomic E-state index is 0.690. The second kappa shape index (κ2) is 9.73. The van der Waals surface area contributed by atoms with E-state index >= 15 is 0 Å². The van der Waals surface area contributed by atoms with Crippen molar-refractivity contribution in [1.82, 2.24) is 4.90 Å². The molecule has 1 fully saturated rings. The van der Waals surface area contributed by atoms with Gasteiger partial charge in [0.2, 0.25) is 0 Å². The van der Waals surface area contributed by atoms with Crippen molar-refractivity contribution >= 4 is 0 Å². The van der Waals surface area contributed by atoms with E-state index in [9.17, 15) is 0 Å². The van der Waals surface area contributed by atoms with Crippen LogP contribution in [0.15, 0.2) is 0 Å². The molecule has 0 amide bonds. The third-order valence-corrected chi connectivity index (χ3v) is 3.96. The second-order valence-corrected chi connectivity index (χ2v) is 5.08. The van der Waals surface area contributed by atoms with Gasteiger partial charge in [-0.05, 0) is 38.3 Å². The summed E-state index contributed by atoms with van der Waals surface area (Å²) in [7, 11) is 1.70. The first kappa shape index (κ1) is 15.9. The van der Waals surface area contributed by atoms with Gasteiger partial charge in [0.1, 0.15) is 0 Å². The molecule has 0 aromatic carbocycles. The van der Waals surface area contributed by atoms with Gasteiger partial charge in [-0.15, -0.1) is 0 Å². The minimum Gasteiger partial charge on any atom is -0.382 e. The summed E-state index contributed by atoms with van der Waals surface area (Å²) in [5.74, 6) is 0.708. The zero-order valence-corrected chi connectivity index (χ0v) is 12.1. The monoisotopic (exact) mass is 258 g/mol. The maximum atomic E-state index is 5.86. The normalized spacial score (nSPS) is 24.0. The Balaban J connectivity index is 2.16. The molecule has 0 aromatic rings. The van der Waals surface area contributed by atoms with E-state index in [1.54, 1.807) is 7.11 Å². The molecule has 1 aliphatic carbocycles. The lowest BCUT2D eigenvalue weighted by Gasteiger charge is -2.31. The highest BCUT2D eigenvalue weighted by atomic mass is 16.5. The van der Waals surface area contributed by atoms with Gasteiger partial charge < -0.3 is 20.1 Å². The van der Waals surface area contributed by atoms with Crippen LogP contribution in [-0.4, -0.2) is 57.5 Å². The van der Waals surface area contributed by atoms with E-state index in [0.29, 0.717) is 25.2 Å².